The third-order valence-corrected chi connectivity index (χ3v) is 5.97. The number of amides is 1. The van der Waals surface area contributed by atoms with Gasteiger partial charge in [-0.3, -0.25) is 13.8 Å². The zero-order valence-electron chi connectivity index (χ0n) is 16.7. The van der Waals surface area contributed by atoms with Crippen molar-refractivity contribution in [1.82, 2.24) is 5.32 Å². The molecule has 1 amide bonds. The second-order valence-corrected chi connectivity index (χ2v) is 8.41. The average Bonchev–Trinajstić information content (AvgIpc) is 2.72. The zero-order valence-corrected chi connectivity index (χ0v) is 17.5. The lowest BCUT2D eigenvalue weighted by atomic mass is 10.1. The van der Waals surface area contributed by atoms with Crippen LogP contribution in [0, 0.1) is 0 Å². The second kappa shape index (κ2) is 12.5. The van der Waals surface area contributed by atoms with Crippen molar-refractivity contribution in [3.8, 4) is 0 Å². The molecule has 0 bridgehead atoms. The minimum absolute atomic E-state index is 0.0699. The van der Waals surface area contributed by atoms with Gasteiger partial charge in [0.1, 0.15) is 0 Å². The smallest absolute Gasteiger partial charge is 0.305 e. The van der Waals surface area contributed by atoms with Crippen LogP contribution in [0.2, 0.25) is 0 Å². The van der Waals surface area contributed by atoms with Crippen LogP contribution in [0.15, 0.2) is 64.6 Å². The van der Waals surface area contributed by atoms with E-state index in [1.54, 1.807) is 30.5 Å². The van der Waals surface area contributed by atoms with Gasteiger partial charge in [-0.1, -0.05) is 42.5 Å². The number of carboxylic acids is 1. The molecule has 4 N–H and O–H groups in total. The molecule has 0 fully saturated rings. The van der Waals surface area contributed by atoms with Crippen LogP contribution in [0.25, 0.3) is 0 Å². The van der Waals surface area contributed by atoms with Gasteiger partial charge in [-0.15, -0.1) is 0 Å². The fraction of sp³-hybridized carbons (Fsp3) is 0.318. The Hall–Kier alpha value is -3.00. The summed E-state index contributed by atoms with van der Waals surface area (Å²) < 4.78 is 12.5. The van der Waals surface area contributed by atoms with Crippen LogP contribution < -0.4 is 11.2 Å². The Morgan fingerprint density at radius 1 is 1.10 bits per heavy atom. The molecule has 0 aliphatic carbocycles. The lowest BCUT2D eigenvalue weighted by Gasteiger charge is -2.16. The van der Waals surface area contributed by atoms with Crippen LogP contribution in [0.4, 0.5) is 0 Å². The van der Waals surface area contributed by atoms with Crippen molar-refractivity contribution >= 4 is 28.9 Å². The molecule has 0 saturated carbocycles. The molecule has 0 radical (unpaired) electrons. The summed E-state index contributed by atoms with van der Waals surface area (Å²) in [5.41, 5.74) is 2.09. The van der Waals surface area contributed by atoms with E-state index in [0.717, 1.165) is 24.0 Å². The number of aliphatic carboxylic acids is 1. The summed E-state index contributed by atoms with van der Waals surface area (Å²) in [6, 6.07) is 16.0. The Kier molecular flexibility index (Phi) is 9.73. The number of aryl methyl sites for hydroxylation is 1. The summed E-state index contributed by atoms with van der Waals surface area (Å²) >= 11 is 0. The van der Waals surface area contributed by atoms with E-state index in [1.807, 2.05) is 30.3 Å². The topological polar surface area (TPSA) is 122 Å². The third-order valence-electron chi connectivity index (χ3n) is 4.47. The molecule has 0 aliphatic rings. The third kappa shape index (κ3) is 8.57. The number of carboxylic acid groups (broad SMARTS) is 1. The maximum atomic E-state index is 12.5. The van der Waals surface area contributed by atoms with E-state index in [1.165, 1.54) is 0 Å². The van der Waals surface area contributed by atoms with E-state index >= 15 is 0 Å². The minimum atomic E-state index is -1.38. The first-order valence-corrected chi connectivity index (χ1v) is 11.1. The number of nitrogens with two attached hydrogens (primary N) is 1. The number of rotatable bonds is 12. The largest absolute Gasteiger partial charge is 0.481 e. The molecule has 2 unspecified atom stereocenters. The van der Waals surface area contributed by atoms with Gasteiger partial charge >= 0.3 is 5.97 Å². The van der Waals surface area contributed by atoms with Crippen molar-refractivity contribution in [3.05, 3.63) is 65.7 Å². The highest BCUT2D eigenvalue weighted by molar-refractivity contribution is 7.85. The van der Waals surface area contributed by atoms with Gasteiger partial charge in [0.25, 0.3) is 0 Å². The Morgan fingerprint density at radius 2 is 1.80 bits per heavy atom. The highest BCUT2D eigenvalue weighted by Crippen LogP contribution is 2.10. The van der Waals surface area contributed by atoms with Gasteiger partial charge in [-0.25, -0.2) is 0 Å². The highest BCUT2D eigenvalue weighted by Gasteiger charge is 2.19. The SMILES string of the molecule is NN=Cc1ccc(CCCCC(=O)NC(CC(=O)O)CS(=O)c2ccccc2)cc1. The number of hydrogen-bond acceptors (Lipinski definition) is 5. The average molecular weight is 430 g/mol. The zero-order chi connectivity index (χ0) is 21.8. The van der Waals surface area contributed by atoms with Crippen molar-refractivity contribution in [3.63, 3.8) is 0 Å². The molecule has 2 aromatic carbocycles. The Labute approximate surface area is 178 Å². The number of carbonyl (C=O) groups excluding carboxylic acids is 1. The fourth-order valence-electron chi connectivity index (χ4n) is 2.98. The van der Waals surface area contributed by atoms with Gasteiger partial charge in [-0.05, 0) is 42.5 Å². The van der Waals surface area contributed by atoms with Gasteiger partial charge in [0.2, 0.25) is 5.91 Å². The molecule has 30 heavy (non-hydrogen) atoms. The lowest BCUT2D eigenvalue weighted by molar-refractivity contribution is -0.137. The van der Waals surface area contributed by atoms with E-state index in [4.69, 9.17) is 10.9 Å². The molecular weight excluding hydrogens is 402 g/mol. The summed E-state index contributed by atoms with van der Waals surface area (Å²) in [7, 11) is -1.38. The maximum absolute atomic E-state index is 12.5. The summed E-state index contributed by atoms with van der Waals surface area (Å²) in [6.07, 6.45) is 3.96. The lowest BCUT2D eigenvalue weighted by Crippen LogP contribution is -2.40. The van der Waals surface area contributed by atoms with Crippen LogP contribution in [-0.2, 0) is 26.8 Å². The summed E-state index contributed by atoms with van der Waals surface area (Å²) in [4.78, 5) is 24.0. The number of carbonyl (C=O) groups is 2. The quantitative estimate of drug-likeness (QED) is 0.207. The first kappa shape index (κ1) is 23.3. The number of nitrogens with zero attached hydrogens (tertiary/aromatic N) is 1. The maximum Gasteiger partial charge on any atom is 0.305 e. The van der Waals surface area contributed by atoms with Crippen LogP contribution in [0.3, 0.4) is 0 Å². The van der Waals surface area contributed by atoms with Crippen LogP contribution in [0.1, 0.15) is 36.8 Å². The Bertz CT molecular complexity index is 870. The molecule has 2 atom stereocenters. The van der Waals surface area contributed by atoms with Crippen molar-refractivity contribution < 1.29 is 18.9 Å². The number of unbranched alkanes of at least 4 members (excludes halogenated alkanes) is 1. The Balaban J connectivity index is 1.77. The molecule has 7 nitrogen and oxygen atoms in total. The predicted octanol–water partition coefficient (Wildman–Crippen LogP) is 2.46. The molecule has 2 rings (SSSR count). The van der Waals surface area contributed by atoms with Crippen molar-refractivity contribution in [1.29, 1.82) is 0 Å². The second-order valence-electron chi connectivity index (χ2n) is 6.91. The predicted molar refractivity (Wildman–Crippen MR) is 118 cm³/mol. The summed E-state index contributed by atoms with van der Waals surface area (Å²) in [5, 5.41) is 15.3. The standard InChI is InChI=1S/C22H27N3O4S/c23-24-15-18-12-10-17(11-13-18)6-4-5-9-21(26)25-19(14-22(27)28)16-30(29)20-7-2-1-3-8-20/h1-3,7-8,10-13,15,19H,4-6,9,14,16,23H2,(H,25,26)(H,27,28). The molecule has 160 valence electrons. The van der Waals surface area contributed by atoms with E-state index < -0.39 is 22.8 Å². The fourth-order valence-corrected chi connectivity index (χ4v) is 4.20. The molecule has 0 spiro atoms. The van der Waals surface area contributed by atoms with Crippen molar-refractivity contribution in [2.45, 2.75) is 43.0 Å². The van der Waals surface area contributed by atoms with Crippen molar-refractivity contribution in [2.75, 3.05) is 5.75 Å². The minimum Gasteiger partial charge on any atom is -0.481 e. The number of benzene rings is 2. The van der Waals surface area contributed by atoms with Crippen molar-refractivity contribution in [2.24, 2.45) is 10.9 Å². The van der Waals surface area contributed by atoms with E-state index in [-0.39, 0.29) is 18.1 Å². The molecule has 0 aliphatic heterocycles. The molecule has 0 aromatic heterocycles. The highest BCUT2D eigenvalue weighted by atomic mass is 32.2. The van der Waals surface area contributed by atoms with E-state index in [9.17, 15) is 13.8 Å². The van der Waals surface area contributed by atoms with Crippen LogP contribution in [0.5, 0.6) is 0 Å². The molecule has 0 heterocycles. The first-order chi connectivity index (χ1) is 14.5. The number of nitrogens with one attached hydrogen (secondary N) is 1. The van der Waals surface area contributed by atoms with Gasteiger partial charge in [0.05, 0.1) is 29.5 Å². The normalized spacial score (nSPS) is 13.1. The Morgan fingerprint density at radius 3 is 2.43 bits per heavy atom. The first-order valence-electron chi connectivity index (χ1n) is 9.74. The number of hydrogen-bond donors (Lipinski definition) is 3. The summed E-state index contributed by atoms with van der Waals surface area (Å²) in [5.74, 6) is 3.94. The monoisotopic (exact) mass is 429 g/mol. The van der Waals surface area contributed by atoms with E-state index in [2.05, 4.69) is 10.4 Å². The molecule has 0 saturated heterocycles. The van der Waals surface area contributed by atoms with E-state index in [0.29, 0.717) is 17.7 Å². The number of hydrazone groups is 1. The van der Waals surface area contributed by atoms with Gasteiger partial charge in [0.15, 0.2) is 0 Å². The molecule has 2 aromatic rings. The molecular formula is C22H27N3O4S. The van der Waals surface area contributed by atoms with Gasteiger partial charge < -0.3 is 16.3 Å². The van der Waals surface area contributed by atoms with Crippen LogP contribution >= 0.6 is 0 Å². The van der Waals surface area contributed by atoms with Gasteiger partial charge in [-0.2, -0.15) is 5.10 Å². The summed E-state index contributed by atoms with van der Waals surface area (Å²) in [6.45, 7) is 0. The van der Waals surface area contributed by atoms with Gasteiger partial charge in [0, 0.05) is 17.1 Å². The van der Waals surface area contributed by atoms with Crippen LogP contribution in [-0.4, -0.2) is 39.2 Å². The molecule has 8 heteroatoms.